The molecule has 4 heterocycles. The topological polar surface area (TPSA) is 22.0 Å². The second kappa shape index (κ2) is 20.1. The van der Waals surface area contributed by atoms with Crippen molar-refractivity contribution in [3.05, 3.63) is 64.7 Å². The average molecular weight is 766 g/mol. The van der Waals surface area contributed by atoms with E-state index in [1.54, 1.807) is 15.0 Å². The van der Waals surface area contributed by atoms with Crippen LogP contribution in [-0.2, 0) is 24.3 Å². The molecule has 2 nitrogen and oxygen atoms in total. The van der Waals surface area contributed by atoms with Crippen molar-refractivity contribution in [1.29, 1.82) is 0 Å². The molecule has 0 amide bonds. The highest BCUT2D eigenvalue weighted by Gasteiger charge is 2.35. The molecule has 0 unspecified atom stereocenters. The number of thiazole rings is 1. The Labute approximate surface area is 326 Å². The number of hydrogen-bond donors (Lipinski definition) is 0. The van der Waals surface area contributed by atoms with Crippen molar-refractivity contribution in [2.24, 2.45) is 7.05 Å². The first-order chi connectivity index (χ1) is 24.7. The Morgan fingerprint density at radius 3 is 1.63 bits per heavy atom. The minimum Gasteiger partial charge on any atom is -0.303 e. The minimum atomic E-state index is 0.0573. The molecule has 0 fully saturated rings. The molecule has 0 saturated heterocycles. The van der Waals surface area contributed by atoms with Crippen molar-refractivity contribution in [2.75, 3.05) is 0 Å². The lowest BCUT2D eigenvalue weighted by Gasteiger charge is -2.33. The standard InChI is InChI=1S/C45H67NOS4/c1-10-17-19-21-23-28-44(13-4,14-5)36-30-34(25-12-3)49-41(36)38-26-27-39(51-38)42-37(45(15-6,16-7)29-24-22-20-18-11-2)31-35(50-42)32-40-43(47)46(9)33(8)48-40/h26-27,30-32H,8,10-25,28-29H2,1-7,9H3. The van der Waals surface area contributed by atoms with Gasteiger partial charge in [0.2, 0.25) is 0 Å². The molecule has 0 aliphatic carbocycles. The van der Waals surface area contributed by atoms with E-state index in [0.717, 1.165) is 28.5 Å². The summed E-state index contributed by atoms with van der Waals surface area (Å²) in [5.74, 6) is 0. The van der Waals surface area contributed by atoms with Gasteiger partial charge in [-0.2, -0.15) is 0 Å². The third-order valence-corrected chi connectivity index (χ3v) is 16.6. The fourth-order valence-electron chi connectivity index (χ4n) is 8.14. The molecule has 6 heteroatoms. The molecular formula is C45H67NOS4. The molecular weight excluding hydrogens is 699 g/mol. The van der Waals surface area contributed by atoms with Crippen molar-refractivity contribution in [3.63, 3.8) is 0 Å². The first-order valence-corrected chi connectivity index (χ1v) is 23.7. The summed E-state index contributed by atoms with van der Waals surface area (Å²) in [7, 11) is 1.83. The number of thiophene rings is 3. The van der Waals surface area contributed by atoms with Crippen LogP contribution >= 0.6 is 45.3 Å². The van der Waals surface area contributed by atoms with Gasteiger partial charge in [0, 0.05) is 36.3 Å². The SMILES string of the molecule is C=c1sc(=Cc2cc(C(CC)(CC)CCCCCCC)c(-c3ccc(-c4sc(CCC)cc4C(CC)(CC)CCCCCCC)s3)s2)c(=O)n1C. The van der Waals surface area contributed by atoms with E-state index in [4.69, 9.17) is 0 Å². The molecule has 4 aromatic heterocycles. The van der Waals surface area contributed by atoms with Gasteiger partial charge in [-0.3, -0.25) is 4.79 Å². The van der Waals surface area contributed by atoms with E-state index in [1.807, 2.05) is 29.7 Å². The summed E-state index contributed by atoms with van der Waals surface area (Å²) < 4.78 is 3.27. The molecule has 0 bridgehead atoms. The molecule has 4 rings (SSSR count). The molecule has 51 heavy (non-hydrogen) atoms. The van der Waals surface area contributed by atoms with Crippen LogP contribution in [0.3, 0.4) is 0 Å². The van der Waals surface area contributed by atoms with E-state index in [9.17, 15) is 4.79 Å². The Bertz CT molecular complexity index is 1800. The molecule has 0 saturated carbocycles. The lowest BCUT2D eigenvalue weighted by atomic mass is 9.72. The summed E-state index contributed by atoms with van der Waals surface area (Å²) in [6, 6.07) is 9.92. The van der Waals surface area contributed by atoms with Crippen molar-refractivity contribution >= 4 is 58.0 Å². The summed E-state index contributed by atoms with van der Waals surface area (Å²) in [5, 5.41) is 0. The maximum atomic E-state index is 13.1. The van der Waals surface area contributed by atoms with Crippen molar-refractivity contribution in [1.82, 2.24) is 4.57 Å². The van der Waals surface area contributed by atoms with Gasteiger partial charge in [-0.25, -0.2) is 0 Å². The van der Waals surface area contributed by atoms with Crippen molar-refractivity contribution in [2.45, 2.75) is 175 Å². The molecule has 0 aliphatic heterocycles. The monoisotopic (exact) mass is 765 g/mol. The van der Waals surface area contributed by atoms with E-state index < -0.39 is 0 Å². The van der Waals surface area contributed by atoms with Gasteiger partial charge in [-0.05, 0) is 97.2 Å². The molecule has 0 radical (unpaired) electrons. The Morgan fingerprint density at radius 1 is 0.647 bits per heavy atom. The van der Waals surface area contributed by atoms with Crippen LogP contribution in [0.25, 0.3) is 32.2 Å². The summed E-state index contributed by atoms with van der Waals surface area (Å²) in [6.07, 6.45) is 24.9. The lowest BCUT2D eigenvalue weighted by molar-refractivity contribution is 0.350. The largest absolute Gasteiger partial charge is 0.303 e. The molecule has 282 valence electrons. The van der Waals surface area contributed by atoms with E-state index in [2.05, 4.69) is 96.7 Å². The quantitative estimate of drug-likeness (QED) is 0.0689. The maximum Gasteiger partial charge on any atom is 0.268 e. The summed E-state index contributed by atoms with van der Waals surface area (Å²) >= 11 is 7.47. The third kappa shape index (κ3) is 9.88. The number of aryl methyl sites for hydroxylation is 1. The van der Waals surface area contributed by atoms with Crippen LogP contribution in [0.4, 0.5) is 0 Å². The number of aromatic nitrogens is 1. The van der Waals surface area contributed by atoms with Gasteiger partial charge in [0.05, 0.1) is 9.20 Å². The molecule has 0 aromatic carbocycles. The highest BCUT2D eigenvalue weighted by Crippen LogP contribution is 2.52. The zero-order valence-corrected chi connectivity index (χ0v) is 36.6. The third-order valence-electron chi connectivity index (χ3n) is 11.8. The first-order valence-electron chi connectivity index (χ1n) is 20.4. The number of unbranched alkanes of at least 4 members (excludes halogenated alkanes) is 8. The second-order valence-corrected chi connectivity index (χ2v) is 19.4. The number of rotatable bonds is 23. The summed E-state index contributed by atoms with van der Waals surface area (Å²) in [6.45, 7) is 20.7. The van der Waals surface area contributed by atoms with Crippen molar-refractivity contribution in [3.8, 4) is 19.5 Å². The van der Waals surface area contributed by atoms with Crippen LogP contribution in [0.5, 0.6) is 0 Å². The van der Waals surface area contributed by atoms with E-state index in [0.29, 0.717) is 0 Å². The second-order valence-electron chi connectivity index (χ2n) is 14.9. The molecule has 4 aromatic rings. The van der Waals surface area contributed by atoms with Gasteiger partial charge >= 0.3 is 0 Å². The fraction of sp³-hybridized carbons (Fsp3) is 0.622. The number of hydrogen-bond acceptors (Lipinski definition) is 5. The highest BCUT2D eigenvalue weighted by molar-refractivity contribution is 7.26. The van der Waals surface area contributed by atoms with Crippen LogP contribution in [0.1, 0.15) is 179 Å². The predicted octanol–water partition coefficient (Wildman–Crippen LogP) is 14.0. The minimum absolute atomic E-state index is 0.0573. The lowest BCUT2D eigenvalue weighted by Crippen LogP contribution is -2.28. The summed E-state index contributed by atoms with van der Waals surface area (Å²) in [5.41, 5.74) is 3.54. The Kier molecular flexibility index (Phi) is 16.6. The average Bonchev–Trinajstić information content (AvgIpc) is 3.94. The number of nitrogens with zero attached hydrogens (tertiary/aromatic N) is 1. The molecule has 0 aliphatic rings. The summed E-state index contributed by atoms with van der Waals surface area (Å²) in [4.78, 5) is 21.6. The maximum absolute atomic E-state index is 13.1. The van der Waals surface area contributed by atoms with Crippen LogP contribution in [0, 0.1) is 0 Å². The van der Waals surface area contributed by atoms with Gasteiger partial charge in [-0.1, -0.05) is 126 Å². The van der Waals surface area contributed by atoms with E-state index in [-0.39, 0.29) is 16.4 Å². The van der Waals surface area contributed by atoms with Gasteiger partial charge in [0.25, 0.3) is 5.56 Å². The van der Waals surface area contributed by atoms with E-state index in [1.165, 1.54) is 138 Å². The molecule has 0 atom stereocenters. The van der Waals surface area contributed by atoms with E-state index >= 15 is 0 Å². The highest BCUT2D eigenvalue weighted by atomic mass is 32.1. The van der Waals surface area contributed by atoms with Crippen LogP contribution in [0.2, 0.25) is 0 Å². The Balaban J connectivity index is 1.83. The van der Waals surface area contributed by atoms with Gasteiger partial charge in [-0.15, -0.1) is 45.3 Å². The van der Waals surface area contributed by atoms with Crippen LogP contribution in [-0.4, -0.2) is 4.57 Å². The Morgan fingerprint density at radius 2 is 1.16 bits per heavy atom. The van der Waals surface area contributed by atoms with Crippen LogP contribution < -0.4 is 14.8 Å². The van der Waals surface area contributed by atoms with Gasteiger partial charge < -0.3 is 4.57 Å². The van der Waals surface area contributed by atoms with Crippen LogP contribution in [0.15, 0.2) is 29.1 Å². The normalized spacial score (nSPS) is 12.8. The zero-order chi connectivity index (χ0) is 37.0. The predicted molar refractivity (Wildman–Crippen MR) is 234 cm³/mol. The first kappa shape index (κ1) is 42.0. The fourth-order valence-corrected chi connectivity index (χ4v) is 13.0. The molecule has 0 spiro atoms. The Hall–Kier alpha value is -1.73. The molecule has 0 N–H and O–H groups in total. The van der Waals surface area contributed by atoms with Crippen molar-refractivity contribution < 1.29 is 0 Å². The zero-order valence-electron chi connectivity index (χ0n) is 33.3. The van der Waals surface area contributed by atoms with Gasteiger partial charge in [0.1, 0.15) is 0 Å². The van der Waals surface area contributed by atoms with Gasteiger partial charge in [0.15, 0.2) is 0 Å². The smallest absolute Gasteiger partial charge is 0.268 e.